The highest BCUT2D eigenvalue weighted by Gasteiger charge is 2.16. The maximum absolute atomic E-state index is 13.9. The van der Waals surface area contributed by atoms with E-state index in [0.29, 0.717) is 11.2 Å². The zero-order chi connectivity index (χ0) is 12.7. The molecule has 1 aromatic heterocycles. The van der Waals surface area contributed by atoms with Crippen LogP contribution in [0.3, 0.4) is 0 Å². The van der Waals surface area contributed by atoms with Crippen molar-refractivity contribution in [3.63, 3.8) is 0 Å². The van der Waals surface area contributed by atoms with Gasteiger partial charge in [-0.2, -0.15) is 0 Å². The van der Waals surface area contributed by atoms with E-state index in [-0.39, 0.29) is 11.5 Å². The number of nitrogen functional groups attached to an aromatic ring is 1. The number of fused-ring (bicyclic) bond motifs is 1. The summed E-state index contributed by atoms with van der Waals surface area (Å²) < 4.78 is 28.6. The summed E-state index contributed by atoms with van der Waals surface area (Å²) in [5, 5.41) is 0. The Bertz CT molecular complexity index is 720. The van der Waals surface area contributed by atoms with Crippen LogP contribution in [0.25, 0.3) is 16.7 Å². The van der Waals surface area contributed by atoms with Crippen LogP contribution in [0.2, 0.25) is 0 Å². The van der Waals surface area contributed by atoms with E-state index in [1.807, 2.05) is 6.07 Å². The standard InChI is InChI=1S/C13H9F2N3/c14-9-6-7-10-12(11(9)15)18(13(16)17-10)8-4-2-1-3-5-8/h1-7H,(H2,16,17). The van der Waals surface area contributed by atoms with E-state index in [1.165, 1.54) is 10.6 Å². The molecule has 0 atom stereocenters. The highest BCUT2D eigenvalue weighted by Crippen LogP contribution is 2.26. The second-order valence-electron chi connectivity index (χ2n) is 3.87. The van der Waals surface area contributed by atoms with Crippen LogP contribution < -0.4 is 5.73 Å². The maximum Gasteiger partial charge on any atom is 0.206 e. The molecule has 3 aromatic rings. The molecule has 0 aliphatic heterocycles. The summed E-state index contributed by atoms with van der Waals surface area (Å²) in [6, 6.07) is 11.4. The molecule has 90 valence electrons. The lowest BCUT2D eigenvalue weighted by molar-refractivity contribution is 0.514. The van der Waals surface area contributed by atoms with Gasteiger partial charge in [-0.05, 0) is 24.3 Å². The van der Waals surface area contributed by atoms with Gasteiger partial charge in [0.1, 0.15) is 5.52 Å². The second kappa shape index (κ2) is 3.80. The first-order valence-electron chi connectivity index (χ1n) is 5.36. The van der Waals surface area contributed by atoms with Crippen molar-refractivity contribution in [3.05, 3.63) is 54.1 Å². The summed E-state index contributed by atoms with van der Waals surface area (Å²) in [5.41, 5.74) is 6.79. The predicted octanol–water partition coefficient (Wildman–Crippen LogP) is 2.89. The van der Waals surface area contributed by atoms with Crippen molar-refractivity contribution in [3.8, 4) is 5.69 Å². The molecule has 3 nitrogen and oxygen atoms in total. The minimum Gasteiger partial charge on any atom is -0.369 e. The van der Waals surface area contributed by atoms with Gasteiger partial charge in [0.2, 0.25) is 5.95 Å². The number of aromatic nitrogens is 2. The van der Waals surface area contributed by atoms with Gasteiger partial charge in [-0.25, -0.2) is 13.8 Å². The fourth-order valence-corrected chi connectivity index (χ4v) is 1.96. The molecule has 0 spiro atoms. The summed E-state index contributed by atoms with van der Waals surface area (Å²) in [5.74, 6) is -1.74. The molecule has 0 fully saturated rings. The van der Waals surface area contributed by atoms with Crippen molar-refractivity contribution in [2.75, 3.05) is 5.73 Å². The first-order chi connectivity index (χ1) is 8.68. The van der Waals surface area contributed by atoms with Gasteiger partial charge < -0.3 is 5.73 Å². The van der Waals surface area contributed by atoms with Crippen molar-refractivity contribution in [1.82, 2.24) is 9.55 Å². The molecule has 3 rings (SSSR count). The lowest BCUT2D eigenvalue weighted by Gasteiger charge is -2.06. The molecular formula is C13H9F2N3. The van der Waals surface area contributed by atoms with Gasteiger partial charge in [-0.3, -0.25) is 4.57 Å². The molecular weight excluding hydrogens is 236 g/mol. The number of benzene rings is 2. The van der Waals surface area contributed by atoms with Gasteiger partial charge >= 0.3 is 0 Å². The van der Waals surface area contributed by atoms with E-state index in [1.54, 1.807) is 24.3 Å². The van der Waals surface area contributed by atoms with Crippen molar-refractivity contribution in [1.29, 1.82) is 0 Å². The van der Waals surface area contributed by atoms with Crippen molar-refractivity contribution in [2.45, 2.75) is 0 Å². The van der Waals surface area contributed by atoms with E-state index >= 15 is 0 Å². The molecule has 2 N–H and O–H groups in total. The Morgan fingerprint density at radius 2 is 1.72 bits per heavy atom. The topological polar surface area (TPSA) is 43.8 Å². The molecule has 0 radical (unpaired) electrons. The van der Waals surface area contributed by atoms with Gasteiger partial charge in [-0.15, -0.1) is 0 Å². The van der Waals surface area contributed by atoms with E-state index in [9.17, 15) is 8.78 Å². The fourth-order valence-electron chi connectivity index (χ4n) is 1.96. The largest absolute Gasteiger partial charge is 0.369 e. The summed E-state index contributed by atoms with van der Waals surface area (Å²) >= 11 is 0. The Morgan fingerprint density at radius 3 is 2.44 bits per heavy atom. The number of nitrogens with zero attached hydrogens (tertiary/aromatic N) is 2. The molecule has 0 aliphatic rings. The Morgan fingerprint density at radius 1 is 1.00 bits per heavy atom. The van der Waals surface area contributed by atoms with Gasteiger partial charge in [0.25, 0.3) is 0 Å². The van der Waals surface area contributed by atoms with E-state index in [4.69, 9.17) is 5.73 Å². The average molecular weight is 245 g/mol. The SMILES string of the molecule is Nc1nc2ccc(F)c(F)c2n1-c1ccccc1. The Balaban J connectivity index is 2.42. The van der Waals surface area contributed by atoms with Crippen LogP contribution in [-0.2, 0) is 0 Å². The Hall–Kier alpha value is -2.43. The Kier molecular flexibility index (Phi) is 2.26. The number of rotatable bonds is 1. The molecule has 18 heavy (non-hydrogen) atoms. The summed E-state index contributed by atoms with van der Waals surface area (Å²) in [7, 11) is 0. The van der Waals surface area contributed by atoms with Crippen molar-refractivity contribution in [2.24, 2.45) is 0 Å². The highest BCUT2D eigenvalue weighted by atomic mass is 19.2. The minimum atomic E-state index is -0.944. The third-order valence-corrected chi connectivity index (χ3v) is 2.75. The van der Waals surface area contributed by atoms with Gasteiger partial charge in [0.05, 0.1) is 5.52 Å². The van der Waals surface area contributed by atoms with Crippen LogP contribution in [-0.4, -0.2) is 9.55 Å². The number of imidazole rings is 1. The van der Waals surface area contributed by atoms with E-state index < -0.39 is 11.6 Å². The van der Waals surface area contributed by atoms with Crippen LogP contribution in [0.5, 0.6) is 0 Å². The monoisotopic (exact) mass is 245 g/mol. The van der Waals surface area contributed by atoms with Crippen LogP contribution in [0, 0.1) is 11.6 Å². The number of anilines is 1. The molecule has 1 heterocycles. The molecule has 0 saturated carbocycles. The van der Waals surface area contributed by atoms with Gasteiger partial charge in [0, 0.05) is 5.69 Å². The molecule has 0 saturated heterocycles. The second-order valence-corrected chi connectivity index (χ2v) is 3.87. The van der Waals surface area contributed by atoms with Crippen LogP contribution in [0.1, 0.15) is 0 Å². The first kappa shape index (κ1) is 10.7. The average Bonchev–Trinajstić information content (AvgIpc) is 2.72. The third-order valence-electron chi connectivity index (χ3n) is 2.75. The van der Waals surface area contributed by atoms with Crippen molar-refractivity contribution >= 4 is 17.0 Å². The van der Waals surface area contributed by atoms with Crippen LogP contribution >= 0.6 is 0 Å². The molecule has 2 aromatic carbocycles. The number of halogens is 2. The number of hydrogen-bond acceptors (Lipinski definition) is 2. The predicted molar refractivity (Wildman–Crippen MR) is 65.4 cm³/mol. The molecule has 5 heteroatoms. The van der Waals surface area contributed by atoms with Gasteiger partial charge in [-0.1, -0.05) is 18.2 Å². The quantitative estimate of drug-likeness (QED) is 0.716. The lowest BCUT2D eigenvalue weighted by atomic mass is 10.2. The summed E-state index contributed by atoms with van der Waals surface area (Å²) in [6.07, 6.45) is 0. The maximum atomic E-state index is 13.9. The van der Waals surface area contributed by atoms with Gasteiger partial charge in [0.15, 0.2) is 11.6 Å². The first-order valence-corrected chi connectivity index (χ1v) is 5.36. The number of para-hydroxylation sites is 1. The molecule has 0 unspecified atom stereocenters. The zero-order valence-corrected chi connectivity index (χ0v) is 9.27. The molecule has 0 aliphatic carbocycles. The Labute approximate surface area is 101 Å². The van der Waals surface area contributed by atoms with Crippen LogP contribution in [0.15, 0.2) is 42.5 Å². The van der Waals surface area contributed by atoms with E-state index in [0.717, 1.165) is 6.07 Å². The smallest absolute Gasteiger partial charge is 0.206 e. The lowest BCUT2D eigenvalue weighted by Crippen LogP contribution is -2.01. The zero-order valence-electron chi connectivity index (χ0n) is 9.27. The summed E-state index contributed by atoms with van der Waals surface area (Å²) in [4.78, 5) is 4.03. The normalized spacial score (nSPS) is 11.0. The fraction of sp³-hybridized carbons (Fsp3) is 0. The number of hydrogen-bond donors (Lipinski definition) is 1. The number of nitrogens with two attached hydrogens (primary N) is 1. The van der Waals surface area contributed by atoms with Crippen LogP contribution in [0.4, 0.5) is 14.7 Å². The summed E-state index contributed by atoms with van der Waals surface area (Å²) in [6.45, 7) is 0. The van der Waals surface area contributed by atoms with Crippen molar-refractivity contribution < 1.29 is 8.78 Å². The van der Waals surface area contributed by atoms with E-state index in [2.05, 4.69) is 4.98 Å². The third kappa shape index (κ3) is 1.44. The molecule has 0 bridgehead atoms. The minimum absolute atomic E-state index is 0.0544. The highest BCUT2D eigenvalue weighted by molar-refractivity contribution is 5.81. The molecule has 0 amide bonds.